The van der Waals surface area contributed by atoms with E-state index < -0.39 is 0 Å². The molecule has 1 saturated heterocycles. The van der Waals surface area contributed by atoms with Gasteiger partial charge in [0.25, 0.3) is 0 Å². The quantitative estimate of drug-likeness (QED) is 0.298. The lowest BCUT2D eigenvalue weighted by Crippen LogP contribution is -2.38. The molecule has 1 amide bonds. The Labute approximate surface area is 197 Å². The van der Waals surface area contributed by atoms with Crippen molar-refractivity contribution in [1.82, 2.24) is 45.0 Å². The molecule has 0 bridgehead atoms. The Morgan fingerprint density at radius 1 is 1.36 bits per heavy atom. The molecular weight excluding hydrogens is 462 g/mol. The lowest BCUT2D eigenvalue weighted by Gasteiger charge is -2.31. The molecule has 4 aromatic rings. The van der Waals surface area contributed by atoms with Crippen LogP contribution >= 0.6 is 23.6 Å². The second-order valence-corrected chi connectivity index (χ2v) is 8.88. The van der Waals surface area contributed by atoms with Crippen molar-refractivity contribution in [2.45, 2.75) is 25.8 Å². The molecule has 0 unspecified atom stereocenters. The zero-order chi connectivity index (χ0) is 22.8. The van der Waals surface area contributed by atoms with E-state index in [9.17, 15) is 4.79 Å². The van der Waals surface area contributed by atoms with E-state index in [0.29, 0.717) is 28.5 Å². The van der Waals surface area contributed by atoms with Crippen LogP contribution in [-0.2, 0) is 17.8 Å². The molecular formula is C19H21N11OS2. The summed E-state index contributed by atoms with van der Waals surface area (Å²) in [7, 11) is 0. The molecule has 1 aliphatic rings. The molecule has 14 heteroatoms. The van der Waals surface area contributed by atoms with E-state index in [2.05, 4.69) is 52.6 Å². The Bertz CT molecular complexity index is 1340. The summed E-state index contributed by atoms with van der Waals surface area (Å²) in [6.07, 6.45) is 3.75. The van der Waals surface area contributed by atoms with Crippen LogP contribution in [0.3, 0.4) is 0 Å². The summed E-state index contributed by atoms with van der Waals surface area (Å²) in [5.41, 5.74) is 1.43. The van der Waals surface area contributed by atoms with Gasteiger partial charge in [0.05, 0.1) is 12.1 Å². The number of allylic oxidation sites excluding steroid dienone is 1. The first-order valence-electron chi connectivity index (χ1n) is 10.4. The zero-order valence-electron chi connectivity index (χ0n) is 17.6. The Morgan fingerprint density at radius 3 is 3.03 bits per heavy atom. The number of fused-ring (bicyclic) bond motifs is 1. The van der Waals surface area contributed by atoms with Gasteiger partial charge in [-0.25, -0.2) is 4.98 Å². The number of piperidine rings is 1. The predicted octanol–water partition coefficient (Wildman–Crippen LogP) is 1.86. The number of H-pyrrole nitrogens is 1. The molecule has 33 heavy (non-hydrogen) atoms. The number of rotatable bonds is 7. The monoisotopic (exact) mass is 483 g/mol. The Balaban J connectivity index is 1.17. The van der Waals surface area contributed by atoms with Crippen LogP contribution in [0.2, 0.25) is 0 Å². The SMILES string of the molecule is C=CCn1c(Cc2csc(NC(=O)C3CCN(c4ccc5nnnn5n4)CC3)n2)n[nH]c1=S. The third-order valence-corrected chi connectivity index (χ3v) is 6.63. The first-order valence-corrected chi connectivity index (χ1v) is 11.7. The number of hydrogen-bond donors (Lipinski definition) is 2. The van der Waals surface area contributed by atoms with Crippen LogP contribution < -0.4 is 10.2 Å². The minimum Gasteiger partial charge on any atom is -0.355 e. The number of aromatic amines is 1. The minimum atomic E-state index is -0.0748. The second-order valence-electron chi connectivity index (χ2n) is 7.63. The van der Waals surface area contributed by atoms with Gasteiger partial charge >= 0.3 is 0 Å². The first kappa shape index (κ1) is 21.3. The maximum atomic E-state index is 12.8. The Hall–Kier alpha value is -3.52. The summed E-state index contributed by atoms with van der Waals surface area (Å²) >= 11 is 6.66. The molecule has 2 N–H and O–H groups in total. The smallest absolute Gasteiger partial charge is 0.229 e. The highest BCUT2D eigenvalue weighted by Crippen LogP contribution is 2.24. The number of anilines is 2. The third kappa shape index (κ3) is 4.52. The van der Waals surface area contributed by atoms with E-state index in [0.717, 1.165) is 43.3 Å². The molecule has 1 aliphatic heterocycles. The first-order chi connectivity index (χ1) is 16.1. The lowest BCUT2D eigenvalue weighted by molar-refractivity contribution is -0.120. The van der Waals surface area contributed by atoms with Crippen molar-refractivity contribution in [2.24, 2.45) is 5.92 Å². The van der Waals surface area contributed by atoms with Gasteiger partial charge in [0.1, 0.15) is 5.82 Å². The Morgan fingerprint density at radius 2 is 2.21 bits per heavy atom. The molecule has 0 aliphatic carbocycles. The fraction of sp³-hybridized carbons (Fsp3) is 0.368. The number of nitrogens with zero attached hydrogens (tertiary/aromatic N) is 9. The van der Waals surface area contributed by atoms with E-state index in [1.807, 2.05) is 22.1 Å². The summed E-state index contributed by atoms with van der Waals surface area (Å²) in [5.74, 6) is 1.50. The normalized spacial score (nSPS) is 14.6. The molecule has 0 aromatic carbocycles. The highest BCUT2D eigenvalue weighted by atomic mass is 32.1. The van der Waals surface area contributed by atoms with Gasteiger partial charge in [0, 0.05) is 30.9 Å². The molecule has 170 valence electrons. The highest BCUT2D eigenvalue weighted by Gasteiger charge is 2.26. The molecule has 0 radical (unpaired) electrons. The molecule has 5 heterocycles. The molecule has 4 aromatic heterocycles. The summed E-state index contributed by atoms with van der Waals surface area (Å²) < 4.78 is 3.83. The van der Waals surface area contributed by atoms with Crippen LogP contribution in [0.25, 0.3) is 5.65 Å². The number of amides is 1. The third-order valence-electron chi connectivity index (χ3n) is 5.52. The predicted molar refractivity (Wildman–Crippen MR) is 125 cm³/mol. The maximum Gasteiger partial charge on any atom is 0.229 e. The van der Waals surface area contributed by atoms with Crippen molar-refractivity contribution in [3.05, 3.63) is 46.5 Å². The van der Waals surface area contributed by atoms with Gasteiger partial charge in [-0.15, -0.1) is 32.7 Å². The van der Waals surface area contributed by atoms with Gasteiger partial charge in [-0.05, 0) is 47.6 Å². The second kappa shape index (κ2) is 9.15. The zero-order valence-corrected chi connectivity index (χ0v) is 19.2. The summed E-state index contributed by atoms with van der Waals surface area (Å²) in [4.78, 5) is 19.5. The number of hydrogen-bond acceptors (Lipinski definition) is 10. The summed E-state index contributed by atoms with van der Waals surface area (Å²) in [6.45, 7) is 5.79. The van der Waals surface area contributed by atoms with Crippen LogP contribution in [-0.4, -0.2) is 64.0 Å². The topological polar surface area (TPSA) is 135 Å². The highest BCUT2D eigenvalue weighted by molar-refractivity contribution is 7.71. The van der Waals surface area contributed by atoms with Crippen molar-refractivity contribution in [2.75, 3.05) is 23.3 Å². The molecule has 0 atom stereocenters. The average molecular weight is 484 g/mol. The molecule has 1 fully saturated rings. The minimum absolute atomic E-state index is 0.00577. The van der Waals surface area contributed by atoms with Crippen LogP contribution in [0.1, 0.15) is 24.4 Å². The van der Waals surface area contributed by atoms with Crippen molar-refractivity contribution in [3.63, 3.8) is 0 Å². The van der Waals surface area contributed by atoms with Gasteiger partial charge in [-0.1, -0.05) is 6.08 Å². The fourth-order valence-electron chi connectivity index (χ4n) is 3.80. The van der Waals surface area contributed by atoms with Crippen LogP contribution in [0.15, 0.2) is 30.2 Å². The molecule has 12 nitrogen and oxygen atoms in total. The Kier molecular flexibility index (Phi) is 5.92. The largest absolute Gasteiger partial charge is 0.355 e. The maximum absolute atomic E-state index is 12.8. The van der Waals surface area contributed by atoms with Gasteiger partial charge in [0.15, 0.2) is 21.4 Å². The number of carbonyl (C=O) groups excluding carboxylic acids is 1. The summed E-state index contributed by atoms with van der Waals surface area (Å²) in [6, 6.07) is 3.73. The van der Waals surface area contributed by atoms with Gasteiger partial charge in [0.2, 0.25) is 5.91 Å². The molecule has 0 spiro atoms. The lowest BCUT2D eigenvalue weighted by atomic mass is 9.96. The van der Waals surface area contributed by atoms with Crippen molar-refractivity contribution in [3.8, 4) is 0 Å². The van der Waals surface area contributed by atoms with E-state index >= 15 is 0 Å². The van der Waals surface area contributed by atoms with E-state index in [1.165, 1.54) is 16.0 Å². The summed E-state index contributed by atoms with van der Waals surface area (Å²) in [5, 5.41) is 28.3. The van der Waals surface area contributed by atoms with E-state index in [1.54, 1.807) is 6.08 Å². The van der Waals surface area contributed by atoms with Gasteiger partial charge in [-0.2, -0.15) is 5.10 Å². The number of thiazole rings is 1. The number of carbonyl (C=O) groups is 1. The molecule has 0 saturated carbocycles. The van der Waals surface area contributed by atoms with Crippen LogP contribution in [0.5, 0.6) is 0 Å². The van der Waals surface area contributed by atoms with Crippen LogP contribution in [0, 0.1) is 10.7 Å². The number of aromatic nitrogens is 9. The average Bonchev–Trinajstić information content (AvgIpc) is 3.56. The standard InChI is InChI=1S/C19H21N11OS2/c1-2-7-29-16(22-24-19(29)32)10-13-11-33-18(20-13)21-17(31)12-5-8-28(9-6-12)15-4-3-14-23-26-27-30(14)25-15/h2-4,11-12H,1,5-10H2,(H,24,32)(H,20,21,31). The van der Waals surface area contributed by atoms with Crippen molar-refractivity contribution >= 4 is 46.1 Å². The number of tetrazole rings is 1. The molecule has 5 rings (SSSR count). The van der Waals surface area contributed by atoms with E-state index in [-0.39, 0.29) is 11.8 Å². The van der Waals surface area contributed by atoms with Crippen molar-refractivity contribution < 1.29 is 4.79 Å². The fourth-order valence-corrected chi connectivity index (χ4v) is 4.74. The van der Waals surface area contributed by atoms with Gasteiger partial charge < -0.3 is 10.2 Å². The van der Waals surface area contributed by atoms with Crippen molar-refractivity contribution in [1.29, 1.82) is 0 Å². The number of nitrogens with one attached hydrogen (secondary N) is 2. The van der Waals surface area contributed by atoms with Gasteiger partial charge in [-0.3, -0.25) is 14.5 Å². The van der Waals surface area contributed by atoms with Crippen LogP contribution in [0.4, 0.5) is 10.9 Å². The van der Waals surface area contributed by atoms with E-state index in [4.69, 9.17) is 12.2 Å².